The second kappa shape index (κ2) is 6.25. The fourth-order valence-electron chi connectivity index (χ4n) is 2.47. The summed E-state index contributed by atoms with van der Waals surface area (Å²) in [6.45, 7) is 0.420. The molecule has 1 heterocycles. The molecule has 1 aromatic rings. The summed E-state index contributed by atoms with van der Waals surface area (Å²) in [6, 6.07) is 4.77. The molecule has 1 atom stereocenters. The first kappa shape index (κ1) is 14.8. The molecule has 1 aliphatic rings. The number of aliphatic carboxylic acids is 1. The third-order valence-corrected chi connectivity index (χ3v) is 3.43. The summed E-state index contributed by atoms with van der Waals surface area (Å²) in [5, 5.41) is 11.6. The Morgan fingerprint density at radius 3 is 2.71 bits per heavy atom. The summed E-state index contributed by atoms with van der Waals surface area (Å²) >= 11 is 0. The first-order chi connectivity index (χ1) is 9.99. The number of hydrogen-bond donors (Lipinski definition) is 3. The largest absolute Gasteiger partial charge is 0.480 e. The Bertz CT molecular complexity index is 573. The lowest BCUT2D eigenvalue weighted by Crippen LogP contribution is -2.48. The lowest BCUT2D eigenvalue weighted by molar-refractivity contribution is -0.143. The molecule has 1 saturated heterocycles. The number of amides is 3. The summed E-state index contributed by atoms with van der Waals surface area (Å²) in [4.78, 5) is 35.9. The van der Waals surface area contributed by atoms with Crippen LogP contribution in [0.4, 0.5) is 10.5 Å². The third-order valence-electron chi connectivity index (χ3n) is 3.43. The van der Waals surface area contributed by atoms with Crippen molar-refractivity contribution >= 4 is 23.6 Å². The van der Waals surface area contributed by atoms with Crippen LogP contribution in [0.15, 0.2) is 24.3 Å². The first-order valence-corrected chi connectivity index (χ1v) is 6.69. The lowest BCUT2D eigenvalue weighted by Gasteiger charge is -2.33. The highest BCUT2D eigenvalue weighted by Crippen LogP contribution is 2.21. The van der Waals surface area contributed by atoms with Crippen LogP contribution in [0.3, 0.4) is 0 Å². The van der Waals surface area contributed by atoms with Gasteiger partial charge in [-0.25, -0.2) is 9.59 Å². The van der Waals surface area contributed by atoms with Crippen molar-refractivity contribution in [2.24, 2.45) is 5.73 Å². The molecule has 1 unspecified atom stereocenters. The van der Waals surface area contributed by atoms with Gasteiger partial charge >= 0.3 is 12.0 Å². The van der Waals surface area contributed by atoms with E-state index >= 15 is 0 Å². The number of likely N-dealkylation sites (tertiary alicyclic amines) is 1. The molecular formula is C14H17N3O4. The topological polar surface area (TPSA) is 113 Å². The van der Waals surface area contributed by atoms with Crippen LogP contribution in [0.25, 0.3) is 0 Å². The van der Waals surface area contributed by atoms with Crippen LogP contribution >= 0.6 is 0 Å². The molecule has 0 saturated carbocycles. The van der Waals surface area contributed by atoms with Crippen molar-refractivity contribution in [1.29, 1.82) is 0 Å². The van der Waals surface area contributed by atoms with Gasteiger partial charge in [0.05, 0.1) is 0 Å². The van der Waals surface area contributed by atoms with Gasteiger partial charge in [0, 0.05) is 17.8 Å². The zero-order valence-corrected chi connectivity index (χ0v) is 11.4. The van der Waals surface area contributed by atoms with E-state index in [0.717, 1.165) is 12.8 Å². The van der Waals surface area contributed by atoms with Crippen LogP contribution in [0.5, 0.6) is 0 Å². The maximum absolute atomic E-state index is 12.5. The molecule has 2 rings (SSSR count). The number of anilines is 1. The Labute approximate surface area is 121 Å². The van der Waals surface area contributed by atoms with E-state index in [4.69, 9.17) is 5.73 Å². The number of nitrogens with two attached hydrogens (primary N) is 1. The second-order valence-electron chi connectivity index (χ2n) is 4.92. The van der Waals surface area contributed by atoms with E-state index in [0.29, 0.717) is 24.2 Å². The minimum atomic E-state index is -0.991. The Morgan fingerprint density at radius 2 is 2.05 bits per heavy atom. The smallest absolute Gasteiger partial charge is 0.326 e. The molecule has 112 valence electrons. The molecule has 4 N–H and O–H groups in total. The summed E-state index contributed by atoms with van der Waals surface area (Å²) in [5.41, 5.74) is 5.76. The normalized spacial score (nSPS) is 18.1. The Kier molecular flexibility index (Phi) is 4.42. The van der Waals surface area contributed by atoms with Crippen LogP contribution in [0.1, 0.15) is 29.6 Å². The van der Waals surface area contributed by atoms with E-state index in [9.17, 15) is 19.5 Å². The number of nitrogens with zero attached hydrogens (tertiary/aromatic N) is 1. The van der Waals surface area contributed by atoms with Crippen molar-refractivity contribution in [1.82, 2.24) is 4.90 Å². The molecular weight excluding hydrogens is 274 g/mol. The summed E-state index contributed by atoms with van der Waals surface area (Å²) in [7, 11) is 0. The van der Waals surface area contributed by atoms with E-state index in [1.807, 2.05) is 0 Å². The minimum absolute atomic E-state index is 0.328. The SMILES string of the molecule is NC(=O)Nc1cccc(C(=O)N2CCCCC2C(=O)O)c1. The highest BCUT2D eigenvalue weighted by Gasteiger charge is 2.32. The van der Waals surface area contributed by atoms with Crippen LogP contribution < -0.4 is 11.1 Å². The van der Waals surface area contributed by atoms with Gasteiger partial charge in [0.1, 0.15) is 6.04 Å². The van der Waals surface area contributed by atoms with E-state index in [2.05, 4.69) is 5.32 Å². The van der Waals surface area contributed by atoms with E-state index < -0.39 is 18.0 Å². The Hall–Kier alpha value is -2.57. The monoisotopic (exact) mass is 291 g/mol. The zero-order valence-electron chi connectivity index (χ0n) is 11.4. The average Bonchev–Trinajstić information content (AvgIpc) is 2.46. The van der Waals surface area contributed by atoms with Gasteiger partial charge in [0.15, 0.2) is 0 Å². The number of carboxylic acids is 1. The van der Waals surface area contributed by atoms with Crippen molar-refractivity contribution in [3.63, 3.8) is 0 Å². The molecule has 0 radical (unpaired) electrons. The molecule has 1 fully saturated rings. The Morgan fingerprint density at radius 1 is 1.29 bits per heavy atom. The van der Waals surface area contributed by atoms with Gasteiger partial charge in [-0.05, 0) is 37.5 Å². The van der Waals surface area contributed by atoms with Crippen molar-refractivity contribution in [2.75, 3.05) is 11.9 Å². The number of piperidine rings is 1. The number of carbonyl (C=O) groups excluding carboxylic acids is 2. The number of benzene rings is 1. The molecule has 7 heteroatoms. The van der Waals surface area contributed by atoms with E-state index in [-0.39, 0.29) is 5.91 Å². The van der Waals surface area contributed by atoms with Crippen LogP contribution in [0.2, 0.25) is 0 Å². The third kappa shape index (κ3) is 3.50. The maximum atomic E-state index is 12.5. The zero-order chi connectivity index (χ0) is 15.4. The highest BCUT2D eigenvalue weighted by molar-refractivity contribution is 5.98. The van der Waals surface area contributed by atoms with Crippen molar-refractivity contribution < 1.29 is 19.5 Å². The van der Waals surface area contributed by atoms with Gasteiger partial charge in [0.25, 0.3) is 5.91 Å². The number of nitrogens with one attached hydrogen (secondary N) is 1. The first-order valence-electron chi connectivity index (χ1n) is 6.69. The predicted octanol–water partition coefficient (Wildman–Crippen LogP) is 1.26. The van der Waals surface area contributed by atoms with Crippen molar-refractivity contribution in [3.05, 3.63) is 29.8 Å². The number of carboxylic acid groups (broad SMARTS) is 1. The van der Waals surface area contributed by atoms with Gasteiger partial charge in [-0.1, -0.05) is 6.07 Å². The standard InChI is InChI=1S/C14H17N3O4/c15-14(21)16-10-5-3-4-9(8-10)12(18)17-7-2-1-6-11(17)13(19)20/h3-5,8,11H,1-2,6-7H2,(H,19,20)(H3,15,16,21). The highest BCUT2D eigenvalue weighted by atomic mass is 16.4. The molecule has 0 aliphatic carbocycles. The molecule has 3 amide bonds. The lowest BCUT2D eigenvalue weighted by atomic mass is 10.0. The van der Waals surface area contributed by atoms with Crippen molar-refractivity contribution in [3.8, 4) is 0 Å². The fourth-order valence-corrected chi connectivity index (χ4v) is 2.47. The molecule has 0 aromatic heterocycles. The molecule has 0 bridgehead atoms. The van der Waals surface area contributed by atoms with E-state index in [1.165, 1.54) is 11.0 Å². The van der Waals surface area contributed by atoms with Gasteiger partial charge in [-0.15, -0.1) is 0 Å². The number of rotatable bonds is 3. The molecule has 0 spiro atoms. The van der Waals surface area contributed by atoms with E-state index in [1.54, 1.807) is 18.2 Å². The summed E-state index contributed by atoms with van der Waals surface area (Å²) < 4.78 is 0. The number of primary amides is 1. The van der Waals surface area contributed by atoms with Crippen LogP contribution in [0, 0.1) is 0 Å². The molecule has 1 aromatic carbocycles. The molecule has 21 heavy (non-hydrogen) atoms. The van der Waals surface area contributed by atoms with Crippen molar-refractivity contribution in [2.45, 2.75) is 25.3 Å². The summed E-state index contributed by atoms with van der Waals surface area (Å²) in [5.74, 6) is -1.34. The number of carbonyl (C=O) groups is 3. The quantitative estimate of drug-likeness (QED) is 0.778. The number of hydrogen-bond acceptors (Lipinski definition) is 3. The fraction of sp³-hybridized carbons (Fsp3) is 0.357. The second-order valence-corrected chi connectivity index (χ2v) is 4.92. The minimum Gasteiger partial charge on any atom is -0.480 e. The van der Waals surface area contributed by atoms with Gasteiger partial charge < -0.3 is 21.1 Å². The summed E-state index contributed by atoms with van der Waals surface area (Å²) in [6.07, 6.45) is 2.04. The van der Waals surface area contributed by atoms with Crippen LogP contribution in [-0.2, 0) is 4.79 Å². The predicted molar refractivity (Wildman–Crippen MR) is 76.0 cm³/mol. The van der Waals surface area contributed by atoms with Gasteiger partial charge in [-0.2, -0.15) is 0 Å². The van der Waals surface area contributed by atoms with Gasteiger partial charge in [0.2, 0.25) is 0 Å². The average molecular weight is 291 g/mol. The van der Waals surface area contributed by atoms with Crippen LogP contribution in [-0.4, -0.2) is 40.5 Å². The maximum Gasteiger partial charge on any atom is 0.326 e. The molecule has 1 aliphatic heterocycles. The molecule has 7 nitrogen and oxygen atoms in total. The Balaban J connectivity index is 2.22. The van der Waals surface area contributed by atoms with Gasteiger partial charge in [-0.3, -0.25) is 4.79 Å². The number of urea groups is 1.